The maximum Gasteiger partial charge on any atom is 0.247 e. The highest BCUT2D eigenvalue weighted by Crippen LogP contribution is 2.31. The summed E-state index contributed by atoms with van der Waals surface area (Å²) < 4.78 is 15.8. The number of aryl methyl sites for hydroxylation is 1. The number of pyridine rings is 1. The molecule has 0 aliphatic rings. The Morgan fingerprint density at radius 1 is 1.30 bits per heavy atom. The molecule has 27 heavy (non-hydrogen) atoms. The summed E-state index contributed by atoms with van der Waals surface area (Å²) in [5.41, 5.74) is 2.18. The van der Waals surface area contributed by atoms with Crippen molar-refractivity contribution in [2.75, 3.05) is 11.9 Å². The van der Waals surface area contributed by atoms with Gasteiger partial charge in [0.1, 0.15) is 11.6 Å². The van der Waals surface area contributed by atoms with Crippen LogP contribution in [0.4, 0.5) is 10.2 Å². The molecule has 0 unspecified atom stereocenters. The number of aliphatic hydroxyl groups excluding tert-OH is 1. The molecule has 0 saturated heterocycles. The lowest BCUT2D eigenvalue weighted by molar-refractivity contribution is -0.593. The summed E-state index contributed by atoms with van der Waals surface area (Å²) in [4.78, 5) is 15.4. The molecule has 0 aliphatic heterocycles. The molecule has 8 heteroatoms. The largest absolute Gasteiger partial charge is 0.710 e. The van der Waals surface area contributed by atoms with Crippen molar-refractivity contribution >= 4 is 11.7 Å². The third kappa shape index (κ3) is 4.12. The molecule has 140 valence electrons. The van der Waals surface area contributed by atoms with Gasteiger partial charge in [0.05, 0.1) is 6.54 Å². The van der Waals surface area contributed by atoms with E-state index in [0.29, 0.717) is 41.3 Å². The highest BCUT2D eigenvalue weighted by atomic mass is 19.1. The third-order valence-electron chi connectivity index (χ3n) is 3.99. The van der Waals surface area contributed by atoms with E-state index in [0.717, 1.165) is 4.73 Å². The Morgan fingerprint density at radius 2 is 2.04 bits per heavy atom. The van der Waals surface area contributed by atoms with Gasteiger partial charge < -0.3 is 15.6 Å². The lowest BCUT2D eigenvalue weighted by atomic mass is 10.1. The number of nitrogens with one attached hydrogen (secondary N) is 1. The van der Waals surface area contributed by atoms with Gasteiger partial charge >= 0.3 is 0 Å². The molecule has 0 saturated carbocycles. The number of hydrogen-bond donors (Lipinski definition) is 2. The van der Waals surface area contributed by atoms with Gasteiger partial charge in [-0.05, 0) is 36.4 Å². The quantitative estimate of drug-likeness (QED) is 0.514. The van der Waals surface area contributed by atoms with Crippen molar-refractivity contribution < 1.29 is 19.0 Å². The zero-order valence-corrected chi connectivity index (χ0v) is 14.7. The van der Waals surface area contributed by atoms with E-state index in [9.17, 15) is 14.4 Å². The van der Waals surface area contributed by atoms with Crippen LogP contribution in [0, 0.1) is 11.0 Å². The van der Waals surface area contributed by atoms with Crippen LogP contribution in [0.2, 0.25) is 0 Å². The van der Waals surface area contributed by atoms with Crippen LogP contribution in [0.5, 0.6) is 0 Å². The van der Waals surface area contributed by atoms with Crippen LogP contribution in [-0.4, -0.2) is 27.2 Å². The summed E-state index contributed by atoms with van der Waals surface area (Å²) in [6, 6.07) is 9.05. The molecule has 2 heterocycles. The van der Waals surface area contributed by atoms with E-state index in [4.69, 9.17) is 5.11 Å². The number of hydrogen-bond acceptors (Lipinski definition) is 4. The molecule has 3 rings (SSSR count). The second-order valence-electron chi connectivity index (χ2n) is 6.03. The smallest absolute Gasteiger partial charge is 0.247 e. The van der Waals surface area contributed by atoms with Gasteiger partial charge in [0.15, 0.2) is 11.4 Å². The first kappa shape index (κ1) is 18.5. The molecule has 2 N–H and O–H groups in total. The van der Waals surface area contributed by atoms with E-state index >= 15 is 0 Å². The number of aliphatic hydroxyl groups is 1. The zero-order chi connectivity index (χ0) is 19.4. The molecule has 7 nitrogen and oxygen atoms in total. The molecular weight excluding hydrogens is 351 g/mol. The fourth-order valence-electron chi connectivity index (χ4n) is 2.89. The van der Waals surface area contributed by atoms with Crippen LogP contribution in [-0.2, 0) is 11.3 Å². The maximum atomic E-state index is 13.3. The predicted octanol–water partition coefficient (Wildman–Crippen LogP) is 2.33. The van der Waals surface area contributed by atoms with Crippen molar-refractivity contribution in [1.29, 1.82) is 0 Å². The standard InChI is InChI=1S/C19H19FN4O3/c1-13(26)22-17-11-15(7-8-21-17)18-19(14-3-5-16(20)6-4-14)24(27)12-23(18)9-2-10-25/h3-8,11-12,25H,2,9-10H2,1H3,(H,21,22,26). The number of carbonyl (C=O) groups is 1. The summed E-state index contributed by atoms with van der Waals surface area (Å²) >= 11 is 0. The average Bonchev–Trinajstić information content (AvgIpc) is 2.96. The van der Waals surface area contributed by atoms with Gasteiger partial charge in [0.25, 0.3) is 0 Å². The Morgan fingerprint density at radius 3 is 2.70 bits per heavy atom. The van der Waals surface area contributed by atoms with Gasteiger partial charge in [0, 0.05) is 37.3 Å². The molecule has 0 aliphatic carbocycles. The third-order valence-corrected chi connectivity index (χ3v) is 3.99. The molecule has 0 atom stereocenters. The number of anilines is 1. The molecule has 0 spiro atoms. The molecule has 3 aromatic rings. The lowest BCUT2D eigenvalue weighted by Crippen LogP contribution is -2.25. The van der Waals surface area contributed by atoms with E-state index in [1.165, 1.54) is 43.7 Å². The van der Waals surface area contributed by atoms with Crippen molar-refractivity contribution in [1.82, 2.24) is 9.55 Å². The van der Waals surface area contributed by atoms with Crippen LogP contribution in [0.1, 0.15) is 13.3 Å². The van der Waals surface area contributed by atoms with Gasteiger partial charge in [-0.15, -0.1) is 0 Å². The number of amides is 1. The molecule has 1 aromatic carbocycles. The Bertz CT molecular complexity index is 954. The summed E-state index contributed by atoms with van der Waals surface area (Å²) in [5.74, 6) is -0.292. The van der Waals surface area contributed by atoms with Crippen LogP contribution in [0.15, 0.2) is 48.9 Å². The number of aromatic nitrogens is 3. The molecule has 0 bridgehead atoms. The van der Waals surface area contributed by atoms with E-state index in [1.807, 2.05) is 0 Å². The monoisotopic (exact) mass is 370 g/mol. The second kappa shape index (κ2) is 7.96. The molecular formula is C19H19FN4O3. The number of rotatable bonds is 6. The normalized spacial score (nSPS) is 10.8. The lowest BCUT2D eigenvalue weighted by Gasteiger charge is -2.08. The Kier molecular flexibility index (Phi) is 5.46. The molecule has 0 fully saturated rings. The fraction of sp³-hybridized carbons (Fsp3) is 0.211. The zero-order valence-electron chi connectivity index (χ0n) is 14.7. The average molecular weight is 370 g/mol. The number of nitrogens with zero attached hydrogens (tertiary/aromatic N) is 3. The van der Waals surface area contributed by atoms with Crippen LogP contribution < -0.4 is 10.0 Å². The van der Waals surface area contributed by atoms with Gasteiger partial charge in [-0.2, -0.15) is 0 Å². The minimum Gasteiger partial charge on any atom is -0.710 e. The van der Waals surface area contributed by atoms with Gasteiger partial charge in [-0.1, -0.05) is 0 Å². The molecule has 0 radical (unpaired) electrons. The van der Waals surface area contributed by atoms with Crippen molar-refractivity contribution in [3.63, 3.8) is 0 Å². The minimum absolute atomic E-state index is 0.0180. The van der Waals surface area contributed by atoms with Crippen molar-refractivity contribution in [3.05, 3.63) is 59.9 Å². The topological polar surface area (TPSA) is 94.1 Å². The van der Waals surface area contributed by atoms with Gasteiger partial charge in [-0.3, -0.25) is 4.79 Å². The van der Waals surface area contributed by atoms with E-state index in [1.54, 1.807) is 16.7 Å². The van der Waals surface area contributed by atoms with Gasteiger partial charge in [-0.25, -0.2) is 18.7 Å². The van der Waals surface area contributed by atoms with Crippen molar-refractivity contribution in [2.45, 2.75) is 19.9 Å². The van der Waals surface area contributed by atoms with Crippen LogP contribution in [0.25, 0.3) is 22.5 Å². The Balaban J connectivity index is 2.16. The summed E-state index contributed by atoms with van der Waals surface area (Å²) in [7, 11) is 0. The van der Waals surface area contributed by atoms with Crippen LogP contribution >= 0.6 is 0 Å². The van der Waals surface area contributed by atoms with E-state index in [2.05, 4.69) is 10.3 Å². The van der Waals surface area contributed by atoms with Crippen molar-refractivity contribution in [3.8, 4) is 22.5 Å². The SMILES string of the molecule is CC(=O)Nc1cc(-c2c(-c3ccc(F)cc3)[n+]([O-])cn2CCCO)ccn1. The van der Waals surface area contributed by atoms with E-state index in [-0.39, 0.29) is 12.5 Å². The number of imidazole rings is 1. The molecule has 1 amide bonds. The fourth-order valence-corrected chi connectivity index (χ4v) is 2.89. The maximum absolute atomic E-state index is 13.3. The van der Waals surface area contributed by atoms with Crippen LogP contribution in [0.3, 0.4) is 0 Å². The minimum atomic E-state index is -0.394. The molecule has 2 aromatic heterocycles. The van der Waals surface area contributed by atoms with Gasteiger partial charge in [0.2, 0.25) is 12.2 Å². The Hall–Kier alpha value is -3.26. The highest BCUT2D eigenvalue weighted by Gasteiger charge is 2.24. The number of benzene rings is 1. The number of halogens is 1. The first-order valence-electron chi connectivity index (χ1n) is 8.42. The summed E-state index contributed by atoms with van der Waals surface area (Å²) in [6.07, 6.45) is 3.39. The second-order valence-corrected chi connectivity index (χ2v) is 6.03. The summed E-state index contributed by atoms with van der Waals surface area (Å²) in [6.45, 7) is 1.79. The first-order valence-corrected chi connectivity index (χ1v) is 8.42. The first-order chi connectivity index (χ1) is 13.0. The highest BCUT2D eigenvalue weighted by molar-refractivity contribution is 5.88. The van der Waals surface area contributed by atoms with E-state index < -0.39 is 5.82 Å². The summed E-state index contributed by atoms with van der Waals surface area (Å²) in [5, 5.41) is 24.4. The number of carbonyl (C=O) groups excluding carboxylic acids is 1. The predicted molar refractivity (Wildman–Crippen MR) is 98.0 cm³/mol. The van der Waals surface area contributed by atoms with Crippen molar-refractivity contribution in [2.24, 2.45) is 0 Å². The Labute approximate surface area is 155 Å².